The standard InChI is InChI=1S/C22H29ClN4O/c1-16-9-11-17(12-10-16)27-15-20(22(28)25-26-13-5-2-6-14-26)24-21(27)18-7-3-4-8-19(18)23/h3-4,7-8,15-17H,2,5-6,9-14H2,1H3,(H,25,28). The van der Waals surface area contributed by atoms with Crippen LogP contribution in [0.1, 0.15) is 68.4 Å². The Morgan fingerprint density at radius 2 is 1.82 bits per heavy atom. The fourth-order valence-corrected chi connectivity index (χ4v) is 4.57. The van der Waals surface area contributed by atoms with Crippen molar-refractivity contribution >= 4 is 17.5 Å². The first-order chi connectivity index (χ1) is 13.6. The van der Waals surface area contributed by atoms with Gasteiger partial charge in [0, 0.05) is 30.9 Å². The average Bonchev–Trinajstić information content (AvgIpc) is 3.15. The second-order valence-electron chi connectivity index (χ2n) is 8.24. The second kappa shape index (κ2) is 8.66. The van der Waals surface area contributed by atoms with Crippen LogP contribution in [0.2, 0.25) is 5.02 Å². The van der Waals surface area contributed by atoms with E-state index in [0.29, 0.717) is 16.8 Å². The second-order valence-corrected chi connectivity index (χ2v) is 8.65. The van der Waals surface area contributed by atoms with E-state index >= 15 is 0 Å². The molecule has 0 spiro atoms. The third-order valence-electron chi connectivity index (χ3n) is 6.07. The zero-order chi connectivity index (χ0) is 19.5. The summed E-state index contributed by atoms with van der Waals surface area (Å²) in [5, 5.41) is 2.68. The topological polar surface area (TPSA) is 50.2 Å². The maximum Gasteiger partial charge on any atom is 0.285 e. The first-order valence-electron chi connectivity index (χ1n) is 10.5. The number of hydrogen-bond acceptors (Lipinski definition) is 3. The number of nitrogens with zero attached hydrogens (tertiary/aromatic N) is 3. The minimum atomic E-state index is -0.127. The molecule has 4 rings (SSSR count). The van der Waals surface area contributed by atoms with Crippen molar-refractivity contribution in [3.63, 3.8) is 0 Å². The van der Waals surface area contributed by atoms with Crippen LogP contribution in [0.5, 0.6) is 0 Å². The van der Waals surface area contributed by atoms with E-state index in [1.54, 1.807) is 0 Å². The number of hydrogen-bond donors (Lipinski definition) is 1. The molecule has 6 heteroatoms. The normalized spacial score (nSPS) is 23.5. The van der Waals surface area contributed by atoms with Gasteiger partial charge in [-0.1, -0.05) is 37.1 Å². The van der Waals surface area contributed by atoms with Gasteiger partial charge < -0.3 is 4.57 Å². The Kier molecular flexibility index (Phi) is 6.02. The molecule has 0 atom stereocenters. The van der Waals surface area contributed by atoms with Gasteiger partial charge in [0.25, 0.3) is 5.91 Å². The van der Waals surface area contributed by atoms with Crippen LogP contribution in [0.25, 0.3) is 11.4 Å². The van der Waals surface area contributed by atoms with Gasteiger partial charge in [0.1, 0.15) is 11.5 Å². The Bertz CT molecular complexity index is 820. The fraction of sp³-hybridized carbons (Fsp3) is 0.545. The number of halogens is 1. The monoisotopic (exact) mass is 400 g/mol. The number of carbonyl (C=O) groups is 1. The van der Waals surface area contributed by atoms with Crippen LogP contribution in [0.15, 0.2) is 30.5 Å². The fourth-order valence-electron chi connectivity index (χ4n) is 4.35. The molecule has 0 bridgehead atoms. The van der Waals surface area contributed by atoms with Crippen molar-refractivity contribution < 1.29 is 4.79 Å². The minimum Gasteiger partial charge on any atom is -0.327 e. The molecule has 1 aromatic carbocycles. The van der Waals surface area contributed by atoms with E-state index in [-0.39, 0.29) is 5.91 Å². The Morgan fingerprint density at radius 1 is 1.11 bits per heavy atom. The van der Waals surface area contributed by atoms with Crippen LogP contribution in [0.4, 0.5) is 0 Å². The molecule has 2 heterocycles. The van der Waals surface area contributed by atoms with Crippen molar-refractivity contribution in [2.75, 3.05) is 13.1 Å². The van der Waals surface area contributed by atoms with Crippen LogP contribution in [0.3, 0.4) is 0 Å². The molecule has 0 unspecified atom stereocenters. The molecule has 1 saturated heterocycles. The predicted octanol–water partition coefficient (Wildman–Crippen LogP) is 5.09. The van der Waals surface area contributed by atoms with Gasteiger partial charge in [0.15, 0.2) is 0 Å². The third-order valence-corrected chi connectivity index (χ3v) is 6.40. The van der Waals surface area contributed by atoms with Gasteiger partial charge in [0.05, 0.1) is 5.02 Å². The lowest BCUT2D eigenvalue weighted by atomic mass is 9.87. The molecule has 1 N–H and O–H groups in total. The SMILES string of the molecule is CC1CCC(n2cc(C(=O)NN3CCCCC3)nc2-c2ccccc2Cl)CC1. The maximum absolute atomic E-state index is 12.9. The average molecular weight is 401 g/mol. The van der Waals surface area contributed by atoms with Crippen molar-refractivity contribution in [3.05, 3.63) is 41.2 Å². The van der Waals surface area contributed by atoms with E-state index in [9.17, 15) is 4.79 Å². The molecule has 1 saturated carbocycles. The van der Waals surface area contributed by atoms with E-state index in [1.165, 1.54) is 19.3 Å². The number of rotatable bonds is 4. The highest BCUT2D eigenvalue weighted by Crippen LogP contribution is 2.36. The molecule has 5 nitrogen and oxygen atoms in total. The maximum atomic E-state index is 12.9. The molecule has 28 heavy (non-hydrogen) atoms. The largest absolute Gasteiger partial charge is 0.327 e. The number of nitrogens with one attached hydrogen (secondary N) is 1. The lowest BCUT2D eigenvalue weighted by Gasteiger charge is -2.28. The van der Waals surface area contributed by atoms with Gasteiger partial charge in [-0.15, -0.1) is 0 Å². The molecule has 1 amide bonds. The number of carbonyl (C=O) groups excluding carboxylic acids is 1. The molecular formula is C22H29ClN4O. The first-order valence-corrected chi connectivity index (χ1v) is 10.9. The quantitative estimate of drug-likeness (QED) is 0.778. The highest BCUT2D eigenvalue weighted by molar-refractivity contribution is 6.33. The summed E-state index contributed by atoms with van der Waals surface area (Å²) in [7, 11) is 0. The van der Waals surface area contributed by atoms with Gasteiger partial charge in [-0.25, -0.2) is 9.99 Å². The van der Waals surface area contributed by atoms with E-state index in [4.69, 9.17) is 16.6 Å². The van der Waals surface area contributed by atoms with Crippen LogP contribution in [-0.2, 0) is 0 Å². The van der Waals surface area contributed by atoms with E-state index in [2.05, 4.69) is 16.9 Å². The highest BCUT2D eigenvalue weighted by atomic mass is 35.5. The Hall–Kier alpha value is -1.85. The summed E-state index contributed by atoms with van der Waals surface area (Å²) in [5.74, 6) is 1.44. The lowest BCUT2D eigenvalue weighted by molar-refractivity contribution is 0.0745. The summed E-state index contributed by atoms with van der Waals surface area (Å²) in [4.78, 5) is 17.6. The molecule has 2 aliphatic rings. The molecule has 1 aliphatic carbocycles. The summed E-state index contributed by atoms with van der Waals surface area (Å²) in [6.45, 7) is 4.13. The summed E-state index contributed by atoms with van der Waals surface area (Å²) >= 11 is 6.48. The van der Waals surface area contributed by atoms with Crippen molar-refractivity contribution in [1.82, 2.24) is 20.0 Å². The Labute approximate surface area is 172 Å². The molecular weight excluding hydrogens is 372 g/mol. The number of imidazole rings is 1. The Morgan fingerprint density at radius 3 is 2.54 bits per heavy atom. The van der Waals surface area contributed by atoms with Crippen LogP contribution in [0, 0.1) is 5.92 Å². The van der Waals surface area contributed by atoms with Gasteiger partial charge in [-0.3, -0.25) is 10.2 Å². The molecule has 1 aliphatic heterocycles. The van der Waals surface area contributed by atoms with Gasteiger partial charge in [-0.2, -0.15) is 0 Å². The van der Waals surface area contributed by atoms with E-state index < -0.39 is 0 Å². The van der Waals surface area contributed by atoms with Crippen molar-refractivity contribution in [3.8, 4) is 11.4 Å². The number of aromatic nitrogens is 2. The van der Waals surface area contributed by atoms with Crippen molar-refractivity contribution in [2.24, 2.45) is 5.92 Å². The van der Waals surface area contributed by atoms with Gasteiger partial charge in [-0.05, 0) is 56.6 Å². The van der Waals surface area contributed by atoms with Gasteiger partial charge >= 0.3 is 0 Å². The number of amides is 1. The summed E-state index contributed by atoms with van der Waals surface area (Å²) < 4.78 is 2.19. The molecule has 2 aromatic rings. The summed E-state index contributed by atoms with van der Waals surface area (Å²) in [6.07, 6.45) is 10.1. The summed E-state index contributed by atoms with van der Waals surface area (Å²) in [5.41, 5.74) is 4.40. The number of piperidine rings is 1. The Balaban J connectivity index is 1.63. The minimum absolute atomic E-state index is 0.127. The molecule has 150 valence electrons. The zero-order valence-corrected chi connectivity index (χ0v) is 17.3. The van der Waals surface area contributed by atoms with Crippen LogP contribution < -0.4 is 5.43 Å². The third kappa shape index (κ3) is 4.26. The molecule has 0 radical (unpaired) electrons. The van der Waals surface area contributed by atoms with Crippen molar-refractivity contribution in [1.29, 1.82) is 0 Å². The van der Waals surface area contributed by atoms with Crippen LogP contribution >= 0.6 is 11.6 Å². The number of hydrazine groups is 1. The lowest BCUT2D eigenvalue weighted by Crippen LogP contribution is -2.45. The smallest absolute Gasteiger partial charge is 0.285 e. The zero-order valence-electron chi connectivity index (χ0n) is 16.5. The van der Waals surface area contributed by atoms with Crippen LogP contribution in [-0.4, -0.2) is 33.6 Å². The van der Waals surface area contributed by atoms with Crippen molar-refractivity contribution in [2.45, 2.75) is 57.9 Å². The highest BCUT2D eigenvalue weighted by Gasteiger charge is 2.26. The first kappa shape index (κ1) is 19.5. The number of benzene rings is 1. The molecule has 2 fully saturated rings. The van der Waals surface area contributed by atoms with E-state index in [0.717, 1.165) is 56.1 Å². The summed E-state index contributed by atoms with van der Waals surface area (Å²) in [6, 6.07) is 8.12. The van der Waals surface area contributed by atoms with E-state index in [1.807, 2.05) is 35.5 Å². The van der Waals surface area contributed by atoms with Gasteiger partial charge in [0.2, 0.25) is 0 Å². The molecule has 1 aromatic heterocycles. The predicted molar refractivity (Wildman–Crippen MR) is 112 cm³/mol.